The zero-order valence-electron chi connectivity index (χ0n) is 15.1. The van der Waals surface area contributed by atoms with Crippen LogP contribution in [0.2, 0.25) is 0 Å². The Hall–Kier alpha value is -2.46. The van der Waals surface area contributed by atoms with Crippen LogP contribution in [0.3, 0.4) is 0 Å². The van der Waals surface area contributed by atoms with Crippen LogP contribution in [0.15, 0.2) is 36.5 Å². The van der Waals surface area contributed by atoms with Crippen LogP contribution in [-0.2, 0) is 19.6 Å². The number of halogens is 1. The minimum Gasteiger partial charge on any atom is -0.440 e. The van der Waals surface area contributed by atoms with Gasteiger partial charge >= 0.3 is 5.98 Å². The lowest BCUT2D eigenvalue weighted by molar-refractivity contribution is -0.244. The molecule has 27 heavy (non-hydrogen) atoms. The van der Waals surface area contributed by atoms with Gasteiger partial charge in [0.1, 0.15) is 5.75 Å². The van der Waals surface area contributed by atoms with E-state index in [2.05, 4.69) is 4.72 Å². The number of nitrogens with one attached hydrogen (secondary N) is 1. The van der Waals surface area contributed by atoms with Gasteiger partial charge in [0.2, 0.25) is 15.9 Å². The maximum absolute atomic E-state index is 15.9. The lowest BCUT2D eigenvalue weighted by atomic mass is 9.88. The second-order valence-electron chi connectivity index (χ2n) is 6.83. The van der Waals surface area contributed by atoms with E-state index in [0.29, 0.717) is 4.90 Å². The molecule has 0 radical (unpaired) electrons. The predicted octanol–water partition coefficient (Wildman–Crippen LogP) is 1.39. The molecular weight excluding hydrogens is 379 g/mol. The van der Waals surface area contributed by atoms with E-state index < -0.39 is 46.1 Å². The molecule has 1 aliphatic heterocycles. The summed E-state index contributed by atoms with van der Waals surface area (Å²) in [5, 5.41) is 9.62. The van der Waals surface area contributed by atoms with Crippen LogP contribution < -0.4 is 9.46 Å². The fraction of sp³-hybridized carbons (Fsp3) is 0.412. The lowest BCUT2D eigenvalue weighted by Gasteiger charge is -2.44. The average Bonchev–Trinajstić information content (AvgIpc) is 2.55. The summed E-state index contributed by atoms with van der Waals surface area (Å²) in [4.78, 5) is 24.2. The van der Waals surface area contributed by atoms with Gasteiger partial charge in [-0.15, -0.1) is 0 Å². The third-order valence-electron chi connectivity index (χ3n) is 3.95. The Morgan fingerprint density at radius 1 is 1.26 bits per heavy atom. The number of aliphatic hydroxyl groups excluding tert-OH is 1. The molecule has 1 aliphatic rings. The summed E-state index contributed by atoms with van der Waals surface area (Å²) < 4.78 is 46.1. The minimum atomic E-state index is -3.47. The van der Waals surface area contributed by atoms with Crippen LogP contribution in [0.4, 0.5) is 10.1 Å². The van der Waals surface area contributed by atoms with Gasteiger partial charge in [0, 0.05) is 11.9 Å². The molecule has 1 heterocycles. The van der Waals surface area contributed by atoms with Crippen molar-refractivity contribution in [3.8, 4) is 5.75 Å². The first-order valence-corrected chi connectivity index (χ1v) is 9.87. The first-order chi connectivity index (χ1) is 12.4. The molecule has 10 heteroatoms. The van der Waals surface area contributed by atoms with E-state index >= 15 is 4.39 Å². The van der Waals surface area contributed by atoms with Crippen LogP contribution in [0.25, 0.3) is 0 Å². The summed E-state index contributed by atoms with van der Waals surface area (Å²) in [6.07, 6.45) is 2.53. The van der Waals surface area contributed by atoms with E-state index in [0.717, 1.165) is 18.5 Å². The molecule has 1 aromatic rings. The molecule has 0 fully saturated rings. The number of rotatable bonds is 7. The number of sulfonamides is 1. The van der Waals surface area contributed by atoms with Crippen LogP contribution in [0.1, 0.15) is 20.3 Å². The molecule has 1 aromatic carbocycles. The standard InChI is InChI=1S/C17H21FN2O6S/c1-16(2,11-21)17(18,20-9-8-13(22)10-15(20)23)26-14-6-4-12(5-7-14)19-27(3,24)25/h4-9,19,21H,10-11H2,1-3H3. The van der Waals surface area contributed by atoms with Crippen molar-refractivity contribution in [2.24, 2.45) is 5.41 Å². The van der Waals surface area contributed by atoms with Crippen LogP contribution >= 0.6 is 0 Å². The quantitative estimate of drug-likeness (QED) is 0.528. The molecule has 0 saturated carbocycles. The molecule has 148 valence electrons. The molecule has 1 atom stereocenters. The topological polar surface area (TPSA) is 113 Å². The smallest absolute Gasteiger partial charge is 0.345 e. The van der Waals surface area contributed by atoms with E-state index in [-0.39, 0.29) is 11.4 Å². The average molecular weight is 400 g/mol. The zero-order chi connectivity index (χ0) is 20.5. The maximum Gasteiger partial charge on any atom is 0.345 e. The normalized spacial score (nSPS) is 17.6. The number of nitrogens with zero attached hydrogens (tertiary/aromatic N) is 1. The summed E-state index contributed by atoms with van der Waals surface area (Å²) >= 11 is 0. The van der Waals surface area contributed by atoms with Gasteiger partial charge in [0.25, 0.3) is 0 Å². The number of amides is 1. The van der Waals surface area contributed by atoms with E-state index in [1.165, 1.54) is 38.1 Å². The Bertz CT molecular complexity index is 866. The van der Waals surface area contributed by atoms with Gasteiger partial charge in [-0.05, 0) is 44.2 Å². The number of ether oxygens (including phenoxy) is 1. The van der Waals surface area contributed by atoms with Crippen molar-refractivity contribution in [2.45, 2.75) is 26.2 Å². The molecule has 0 saturated heterocycles. The molecule has 0 bridgehead atoms. The molecular formula is C17H21FN2O6S. The van der Waals surface area contributed by atoms with Gasteiger partial charge < -0.3 is 9.84 Å². The predicted molar refractivity (Wildman–Crippen MR) is 95.9 cm³/mol. The van der Waals surface area contributed by atoms with Crippen LogP contribution in [-0.4, -0.2) is 49.0 Å². The number of ketones is 1. The largest absolute Gasteiger partial charge is 0.440 e. The Morgan fingerprint density at radius 3 is 2.33 bits per heavy atom. The highest BCUT2D eigenvalue weighted by Gasteiger charge is 2.55. The number of hydrogen-bond acceptors (Lipinski definition) is 6. The van der Waals surface area contributed by atoms with Gasteiger partial charge in [-0.2, -0.15) is 4.39 Å². The van der Waals surface area contributed by atoms with Gasteiger partial charge in [0.05, 0.1) is 24.7 Å². The molecule has 8 nitrogen and oxygen atoms in total. The minimum absolute atomic E-state index is 0.00354. The Morgan fingerprint density at radius 2 is 1.85 bits per heavy atom. The summed E-state index contributed by atoms with van der Waals surface area (Å²) in [7, 11) is -3.47. The van der Waals surface area contributed by atoms with Crippen molar-refractivity contribution in [1.29, 1.82) is 0 Å². The number of allylic oxidation sites excluding steroid dienone is 1. The van der Waals surface area contributed by atoms with E-state index in [1.54, 1.807) is 0 Å². The molecule has 1 unspecified atom stereocenters. The van der Waals surface area contributed by atoms with Crippen molar-refractivity contribution in [3.63, 3.8) is 0 Å². The van der Waals surface area contributed by atoms with Crippen LogP contribution in [0.5, 0.6) is 5.75 Å². The highest BCUT2D eigenvalue weighted by Crippen LogP contribution is 2.41. The zero-order valence-corrected chi connectivity index (χ0v) is 15.9. The second-order valence-corrected chi connectivity index (χ2v) is 8.57. The van der Waals surface area contributed by atoms with Crippen molar-refractivity contribution in [1.82, 2.24) is 4.90 Å². The van der Waals surface area contributed by atoms with E-state index in [9.17, 15) is 23.1 Å². The van der Waals surface area contributed by atoms with Crippen molar-refractivity contribution >= 4 is 27.4 Å². The van der Waals surface area contributed by atoms with Crippen molar-refractivity contribution < 1.29 is 32.2 Å². The lowest BCUT2D eigenvalue weighted by Crippen LogP contribution is -2.61. The van der Waals surface area contributed by atoms with Gasteiger partial charge in [-0.3, -0.25) is 19.2 Å². The molecule has 2 rings (SSSR count). The molecule has 0 aliphatic carbocycles. The Labute approximate surface area is 156 Å². The monoisotopic (exact) mass is 400 g/mol. The number of aliphatic hydroxyl groups is 1. The highest BCUT2D eigenvalue weighted by atomic mass is 32.2. The third-order valence-corrected chi connectivity index (χ3v) is 4.56. The molecule has 2 N–H and O–H groups in total. The SMILES string of the molecule is CC(C)(CO)C(F)(Oc1ccc(NS(C)(=O)=O)cc1)N1C=CC(=O)CC1=O. The van der Waals surface area contributed by atoms with Crippen molar-refractivity contribution in [3.05, 3.63) is 36.5 Å². The summed E-state index contributed by atoms with van der Waals surface area (Å²) in [5.74, 6) is -4.06. The molecule has 1 amide bonds. The highest BCUT2D eigenvalue weighted by molar-refractivity contribution is 7.92. The number of alkyl halides is 1. The van der Waals surface area contributed by atoms with Gasteiger partial charge in [0.15, 0.2) is 5.78 Å². The Balaban J connectivity index is 2.37. The molecule has 0 spiro atoms. The van der Waals surface area contributed by atoms with Gasteiger partial charge in [-0.25, -0.2) is 8.42 Å². The van der Waals surface area contributed by atoms with Crippen molar-refractivity contribution in [2.75, 3.05) is 17.6 Å². The van der Waals surface area contributed by atoms with E-state index in [4.69, 9.17) is 4.74 Å². The van der Waals surface area contributed by atoms with Crippen LogP contribution in [0, 0.1) is 5.41 Å². The number of carbonyl (C=O) groups excluding carboxylic acids is 2. The number of carbonyl (C=O) groups is 2. The maximum atomic E-state index is 15.9. The number of benzene rings is 1. The first-order valence-electron chi connectivity index (χ1n) is 7.98. The fourth-order valence-electron chi connectivity index (χ4n) is 2.36. The summed E-state index contributed by atoms with van der Waals surface area (Å²) in [6, 6.07) is 5.36. The van der Waals surface area contributed by atoms with E-state index in [1.807, 2.05) is 0 Å². The number of anilines is 1. The molecule has 0 aromatic heterocycles. The summed E-state index contributed by atoms with van der Waals surface area (Å²) in [6.45, 7) is 2.08. The third kappa shape index (κ3) is 4.64. The fourth-order valence-corrected chi connectivity index (χ4v) is 2.93. The number of hydrogen-bond donors (Lipinski definition) is 2. The summed E-state index contributed by atoms with van der Waals surface area (Å²) in [5.41, 5.74) is -1.30. The Kier molecular flexibility index (Phi) is 5.62. The first kappa shape index (κ1) is 20.8. The second kappa shape index (κ2) is 7.28. The van der Waals surface area contributed by atoms with Gasteiger partial charge in [-0.1, -0.05) is 0 Å².